The van der Waals surface area contributed by atoms with Gasteiger partial charge in [0.2, 0.25) is 0 Å². The summed E-state index contributed by atoms with van der Waals surface area (Å²) in [6, 6.07) is 213. The number of hydrogen-bond acceptors (Lipinski definition) is 6. The molecule has 0 radical (unpaired) electrons. The summed E-state index contributed by atoms with van der Waals surface area (Å²) in [4.78, 5) is 7.00. The molecule has 0 saturated heterocycles. The predicted octanol–water partition coefficient (Wildman–Crippen LogP) is 41.2. The first-order valence-electron chi connectivity index (χ1n) is 51.0. The van der Waals surface area contributed by atoms with Gasteiger partial charge < -0.3 is 28.0 Å². The maximum absolute atomic E-state index is 6.39. The Balaban J connectivity index is 0.000000116. The van der Waals surface area contributed by atoms with E-state index in [4.69, 9.17) is 13.3 Å². The molecule has 0 spiro atoms. The number of rotatable bonds is 21. The van der Waals surface area contributed by atoms with Crippen molar-refractivity contribution >= 4 is 117 Å². The van der Waals surface area contributed by atoms with Crippen molar-refractivity contribution in [3.8, 4) is 134 Å². The summed E-state index contributed by atoms with van der Waals surface area (Å²) in [6.45, 7) is 0. The van der Waals surface area contributed by atoms with Gasteiger partial charge in [0, 0.05) is 102 Å². The van der Waals surface area contributed by atoms with E-state index in [0.717, 1.165) is 139 Å². The van der Waals surface area contributed by atoms with Crippen molar-refractivity contribution in [1.82, 2.24) is 0 Å². The Hall–Kier alpha value is -19.9. The molecule has 3 aromatic heterocycles. The molecule has 0 aliphatic carbocycles. The minimum Gasteiger partial charge on any atom is -0.456 e. The highest BCUT2D eigenvalue weighted by molar-refractivity contribution is 6.10. The number of para-hydroxylation sites is 4. The summed E-state index contributed by atoms with van der Waals surface area (Å²) < 4.78 is 19.1. The SMILES string of the molecule is c1ccc(-c2ccc(-c3ccccc3N(c3ccc(-c4ccccc4-c4ccccc4)cc3)c3ccc4c(c3)oc3ccccc34)cc2)cc1.c1ccc(-c2cccc(-c3cccc(N(c4ccc(-c5ccccc5-c5ccccc5)cc4)c4ccc5c(c4)oc4ccccc45)c3)c2)cc1.c1ccc(-c2ccccc2-c2ccc(N(c3cccc(-c4ccccc4-c4ccccc4)c3)c3ccc4c(c3)oc3ccccc34)cc2)cc1. The highest BCUT2D eigenvalue weighted by Crippen LogP contribution is 2.50. The molecule has 708 valence electrons. The van der Waals surface area contributed by atoms with Crippen LogP contribution in [0.15, 0.2) is 614 Å². The van der Waals surface area contributed by atoms with Gasteiger partial charge in [-0.25, -0.2) is 0 Å². The first-order chi connectivity index (χ1) is 74.4. The summed E-state index contributed by atoms with van der Waals surface area (Å²) in [5.41, 5.74) is 43.5. The molecular weight excluding hydrogens is 1820 g/mol. The average Bonchev–Trinajstić information content (AvgIpc) is 1.56. The Bertz CT molecular complexity index is 9480. The number of anilines is 9. The molecule has 0 aliphatic heterocycles. The second-order valence-electron chi connectivity index (χ2n) is 37.6. The first kappa shape index (κ1) is 91.3. The molecule has 24 aromatic carbocycles. The van der Waals surface area contributed by atoms with Crippen molar-refractivity contribution in [3.05, 3.63) is 601 Å². The van der Waals surface area contributed by atoms with Crippen LogP contribution in [0.4, 0.5) is 51.2 Å². The minimum absolute atomic E-state index is 0.867. The Morgan fingerprint density at radius 1 is 0.100 bits per heavy atom. The van der Waals surface area contributed by atoms with Gasteiger partial charge in [0.1, 0.15) is 33.5 Å². The lowest BCUT2D eigenvalue weighted by Crippen LogP contribution is -2.11. The van der Waals surface area contributed by atoms with Crippen molar-refractivity contribution < 1.29 is 13.3 Å². The second kappa shape index (κ2) is 41.4. The third kappa shape index (κ3) is 18.6. The van der Waals surface area contributed by atoms with Crippen LogP contribution in [0.2, 0.25) is 0 Å². The molecule has 27 aromatic rings. The van der Waals surface area contributed by atoms with Crippen molar-refractivity contribution in [3.63, 3.8) is 0 Å². The Labute approximate surface area is 872 Å². The standard InChI is InChI=1S/3C48H33NO/c1-3-13-34(14-4-1)35-23-25-38(26-24-35)43-19-9-11-21-46(43)49(40-31-32-45-44-20-10-12-22-47(44)50-48(45)33-40)39-29-27-37(28-30-39)42-18-8-7-17-41(42)36-15-5-2-6-16-36;1-3-13-34(14-4-1)37-17-11-18-38(31-37)39-19-12-20-41(32-39)49(42-29-30-46-45-23-9-10-24-47(45)50-48(46)33-42)40-27-25-36(26-28-40)44-22-8-7-21-43(44)35-15-5-2-6-16-35;1-3-14-34(15-4-1)41-20-7-8-22-43(41)36-26-28-38(29-27-36)49(40-30-31-46-45-24-11-12-25-47(45)50-48(46)33-40)39-19-13-18-37(32-39)44-23-10-9-21-42(44)35-16-5-2-6-17-35/h3*1-33H. The summed E-state index contributed by atoms with van der Waals surface area (Å²) in [5.74, 6) is 0. The summed E-state index contributed by atoms with van der Waals surface area (Å²) in [5, 5.41) is 6.72. The molecule has 6 nitrogen and oxygen atoms in total. The lowest BCUT2D eigenvalue weighted by molar-refractivity contribution is 0.668. The lowest BCUT2D eigenvalue weighted by Gasteiger charge is -2.28. The van der Waals surface area contributed by atoms with Gasteiger partial charge in [-0.05, 0) is 255 Å². The molecule has 27 rings (SSSR count). The zero-order valence-electron chi connectivity index (χ0n) is 82.2. The van der Waals surface area contributed by atoms with Crippen molar-refractivity contribution in [1.29, 1.82) is 0 Å². The van der Waals surface area contributed by atoms with Crippen molar-refractivity contribution in [2.45, 2.75) is 0 Å². The number of hydrogen-bond donors (Lipinski definition) is 0. The molecule has 0 bridgehead atoms. The normalized spacial score (nSPS) is 11.2. The van der Waals surface area contributed by atoms with Crippen LogP contribution in [0, 0.1) is 0 Å². The largest absolute Gasteiger partial charge is 0.456 e. The third-order valence-electron chi connectivity index (χ3n) is 28.5. The molecule has 0 amide bonds. The van der Waals surface area contributed by atoms with Gasteiger partial charge in [-0.2, -0.15) is 0 Å². The van der Waals surface area contributed by atoms with E-state index >= 15 is 0 Å². The smallest absolute Gasteiger partial charge is 0.137 e. The van der Waals surface area contributed by atoms with Crippen molar-refractivity contribution in [2.24, 2.45) is 0 Å². The van der Waals surface area contributed by atoms with E-state index in [2.05, 4.69) is 579 Å². The van der Waals surface area contributed by atoms with Crippen LogP contribution >= 0.6 is 0 Å². The first-order valence-corrected chi connectivity index (χ1v) is 51.0. The zero-order chi connectivity index (χ0) is 99.8. The minimum atomic E-state index is 0.867. The Morgan fingerprint density at radius 2 is 0.300 bits per heavy atom. The molecule has 0 fully saturated rings. The molecule has 6 heteroatoms. The highest BCUT2D eigenvalue weighted by Gasteiger charge is 2.25. The highest BCUT2D eigenvalue weighted by atomic mass is 16.3. The fourth-order valence-corrected chi connectivity index (χ4v) is 21.2. The van der Waals surface area contributed by atoms with Crippen molar-refractivity contribution in [2.75, 3.05) is 14.7 Å². The number of benzene rings is 24. The van der Waals surface area contributed by atoms with Gasteiger partial charge >= 0.3 is 0 Å². The zero-order valence-corrected chi connectivity index (χ0v) is 82.2. The van der Waals surface area contributed by atoms with Gasteiger partial charge in [0.15, 0.2) is 0 Å². The fraction of sp³-hybridized carbons (Fsp3) is 0. The average molecular weight is 1920 g/mol. The van der Waals surface area contributed by atoms with Gasteiger partial charge in [-0.3, -0.25) is 0 Å². The summed E-state index contributed by atoms with van der Waals surface area (Å²) in [6.07, 6.45) is 0. The monoisotopic (exact) mass is 1920 g/mol. The molecule has 0 unspecified atom stereocenters. The molecule has 0 atom stereocenters. The van der Waals surface area contributed by atoms with Crippen LogP contribution in [0.1, 0.15) is 0 Å². The Morgan fingerprint density at radius 3 is 0.660 bits per heavy atom. The van der Waals surface area contributed by atoms with Gasteiger partial charge in [0.05, 0.1) is 5.69 Å². The van der Waals surface area contributed by atoms with Crippen LogP contribution in [-0.4, -0.2) is 0 Å². The predicted molar refractivity (Wildman–Crippen MR) is 630 cm³/mol. The number of nitrogens with zero attached hydrogens (tertiary/aromatic N) is 3. The topological polar surface area (TPSA) is 49.1 Å². The molecular formula is C144H99N3O3. The maximum atomic E-state index is 6.39. The third-order valence-corrected chi connectivity index (χ3v) is 28.5. The molecule has 0 saturated carbocycles. The number of fused-ring (bicyclic) bond motifs is 9. The summed E-state index contributed by atoms with van der Waals surface area (Å²) >= 11 is 0. The lowest BCUT2D eigenvalue weighted by atomic mass is 9.94. The molecule has 150 heavy (non-hydrogen) atoms. The molecule has 0 aliphatic rings. The van der Waals surface area contributed by atoms with E-state index in [0.29, 0.717) is 0 Å². The van der Waals surface area contributed by atoms with Gasteiger partial charge in [-0.15, -0.1) is 0 Å². The Kier molecular flexibility index (Phi) is 25.2. The van der Waals surface area contributed by atoms with E-state index in [9.17, 15) is 0 Å². The van der Waals surface area contributed by atoms with Crippen LogP contribution < -0.4 is 14.7 Å². The van der Waals surface area contributed by atoms with Crippen LogP contribution in [0.5, 0.6) is 0 Å². The second-order valence-corrected chi connectivity index (χ2v) is 37.6. The molecule has 0 N–H and O–H groups in total. The maximum Gasteiger partial charge on any atom is 0.137 e. The van der Waals surface area contributed by atoms with Gasteiger partial charge in [-0.1, -0.05) is 455 Å². The van der Waals surface area contributed by atoms with Crippen LogP contribution in [0.25, 0.3) is 199 Å². The van der Waals surface area contributed by atoms with Crippen LogP contribution in [0.3, 0.4) is 0 Å². The number of furan rings is 3. The van der Waals surface area contributed by atoms with E-state index < -0.39 is 0 Å². The fourth-order valence-electron chi connectivity index (χ4n) is 21.2. The van der Waals surface area contributed by atoms with Gasteiger partial charge in [0.25, 0.3) is 0 Å². The quantitative estimate of drug-likeness (QED) is 0.0715. The van der Waals surface area contributed by atoms with E-state index in [1.807, 2.05) is 36.4 Å². The van der Waals surface area contributed by atoms with E-state index in [-0.39, 0.29) is 0 Å². The van der Waals surface area contributed by atoms with E-state index in [1.54, 1.807) is 0 Å². The van der Waals surface area contributed by atoms with Crippen LogP contribution in [-0.2, 0) is 0 Å². The molecule has 3 heterocycles. The van der Waals surface area contributed by atoms with E-state index in [1.165, 1.54) is 111 Å². The summed E-state index contributed by atoms with van der Waals surface area (Å²) in [7, 11) is 0.